The Morgan fingerprint density at radius 1 is 1.04 bits per heavy atom. The Kier molecular flexibility index (Phi) is 5.06. The largest absolute Gasteiger partial charge is 0.397 e. The normalized spacial score (nSPS) is 14.2. The number of nitrogens with zero attached hydrogens (tertiary/aromatic N) is 2. The second-order valence-corrected chi connectivity index (χ2v) is 6.45. The Balaban J connectivity index is 1.53. The molecule has 1 saturated heterocycles. The molecule has 1 heterocycles. The third-order valence-corrected chi connectivity index (χ3v) is 4.69. The Morgan fingerprint density at radius 2 is 1.78 bits per heavy atom. The van der Waals surface area contributed by atoms with Crippen molar-refractivity contribution in [2.75, 3.05) is 42.2 Å². The summed E-state index contributed by atoms with van der Waals surface area (Å²) in [5.74, 6) is 0. The monoisotopic (exact) mass is 309 g/mol. The molecule has 0 aliphatic carbocycles. The van der Waals surface area contributed by atoms with Gasteiger partial charge in [-0.2, -0.15) is 0 Å². The van der Waals surface area contributed by atoms with E-state index in [4.69, 9.17) is 5.73 Å². The summed E-state index contributed by atoms with van der Waals surface area (Å²) in [7, 11) is 2.15. The van der Waals surface area contributed by atoms with Gasteiger partial charge in [0, 0.05) is 32.4 Å². The molecule has 3 nitrogen and oxygen atoms in total. The maximum Gasteiger partial charge on any atom is 0.0600 e. The van der Waals surface area contributed by atoms with Crippen LogP contribution in [-0.4, -0.2) is 26.7 Å². The molecule has 0 atom stereocenters. The summed E-state index contributed by atoms with van der Waals surface area (Å²) in [6.45, 7) is 3.34. The molecule has 0 unspecified atom stereocenters. The molecule has 3 rings (SSSR count). The molecule has 122 valence electrons. The molecule has 0 radical (unpaired) electrons. The van der Waals surface area contributed by atoms with E-state index in [0.29, 0.717) is 0 Å². The zero-order valence-electron chi connectivity index (χ0n) is 14.0. The van der Waals surface area contributed by atoms with Crippen molar-refractivity contribution in [3.05, 3.63) is 54.1 Å². The lowest BCUT2D eigenvalue weighted by molar-refractivity contribution is 0.786. The van der Waals surface area contributed by atoms with E-state index in [0.717, 1.165) is 38.2 Å². The van der Waals surface area contributed by atoms with E-state index >= 15 is 0 Å². The van der Waals surface area contributed by atoms with E-state index in [9.17, 15) is 0 Å². The quantitative estimate of drug-likeness (QED) is 0.820. The summed E-state index contributed by atoms with van der Waals surface area (Å²) in [6.07, 6.45) is 4.77. The Labute approximate surface area is 139 Å². The first-order chi connectivity index (χ1) is 11.2. The number of hydrogen-bond donors (Lipinski definition) is 1. The highest BCUT2D eigenvalue weighted by Gasteiger charge is 2.14. The highest BCUT2D eigenvalue weighted by atomic mass is 15.1. The Morgan fingerprint density at radius 3 is 2.48 bits per heavy atom. The van der Waals surface area contributed by atoms with Gasteiger partial charge in [-0.25, -0.2) is 0 Å². The van der Waals surface area contributed by atoms with Gasteiger partial charge in [0.25, 0.3) is 0 Å². The molecule has 3 heteroatoms. The third-order valence-electron chi connectivity index (χ3n) is 4.69. The van der Waals surface area contributed by atoms with Crippen molar-refractivity contribution in [1.82, 2.24) is 0 Å². The molecule has 1 aliphatic rings. The average molecular weight is 309 g/mol. The molecule has 2 aromatic carbocycles. The van der Waals surface area contributed by atoms with Gasteiger partial charge in [0.2, 0.25) is 0 Å². The molecule has 23 heavy (non-hydrogen) atoms. The van der Waals surface area contributed by atoms with Crippen molar-refractivity contribution >= 4 is 17.1 Å². The second-order valence-electron chi connectivity index (χ2n) is 6.45. The molecular weight excluding hydrogens is 282 g/mol. The first-order valence-corrected chi connectivity index (χ1v) is 8.63. The number of benzene rings is 2. The van der Waals surface area contributed by atoms with E-state index in [-0.39, 0.29) is 0 Å². The SMILES string of the molecule is CN(CCCc1ccc(N2CCCC2)c(N)c1)c1ccccc1. The molecule has 2 N–H and O–H groups in total. The predicted octanol–water partition coefficient (Wildman–Crippen LogP) is 3.94. The highest BCUT2D eigenvalue weighted by Crippen LogP contribution is 2.28. The Hall–Kier alpha value is -2.16. The molecule has 1 fully saturated rings. The minimum atomic E-state index is 0.931. The zero-order valence-corrected chi connectivity index (χ0v) is 14.0. The van der Waals surface area contributed by atoms with Crippen molar-refractivity contribution in [3.8, 4) is 0 Å². The number of aryl methyl sites for hydroxylation is 1. The molecule has 0 saturated carbocycles. The first kappa shape index (κ1) is 15.7. The molecule has 0 bridgehead atoms. The molecule has 0 aromatic heterocycles. The van der Waals surface area contributed by atoms with Crippen LogP contribution in [0.2, 0.25) is 0 Å². The van der Waals surface area contributed by atoms with Crippen molar-refractivity contribution in [2.45, 2.75) is 25.7 Å². The van der Waals surface area contributed by atoms with Crippen LogP contribution < -0.4 is 15.5 Å². The summed E-state index contributed by atoms with van der Waals surface area (Å²) < 4.78 is 0. The fourth-order valence-corrected chi connectivity index (χ4v) is 3.34. The number of nitrogen functional groups attached to an aromatic ring is 1. The van der Waals surface area contributed by atoms with E-state index in [1.54, 1.807) is 0 Å². The number of para-hydroxylation sites is 1. The van der Waals surface area contributed by atoms with E-state index < -0.39 is 0 Å². The maximum absolute atomic E-state index is 6.27. The summed E-state index contributed by atoms with van der Waals surface area (Å²) >= 11 is 0. The van der Waals surface area contributed by atoms with Gasteiger partial charge < -0.3 is 15.5 Å². The van der Waals surface area contributed by atoms with Crippen LogP contribution in [-0.2, 0) is 6.42 Å². The predicted molar refractivity (Wildman–Crippen MR) is 100 cm³/mol. The summed E-state index contributed by atoms with van der Waals surface area (Å²) in [4.78, 5) is 4.71. The van der Waals surface area contributed by atoms with Crippen molar-refractivity contribution in [2.24, 2.45) is 0 Å². The van der Waals surface area contributed by atoms with E-state index in [2.05, 4.69) is 65.4 Å². The molecule has 0 amide bonds. The van der Waals surface area contributed by atoms with Gasteiger partial charge in [-0.3, -0.25) is 0 Å². The smallest absolute Gasteiger partial charge is 0.0600 e. The van der Waals surface area contributed by atoms with Crippen molar-refractivity contribution in [1.29, 1.82) is 0 Å². The van der Waals surface area contributed by atoms with Gasteiger partial charge >= 0.3 is 0 Å². The third kappa shape index (κ3) is 3.98. The zero-order chi connectivity index (χ0) is 16.1. The van der Waals surface area contributed by atoms with Crippen molar-refractivity contribution in [3.63, 3.8) is 0 Å². The minimum Gasteiger partial charge on any atom is -0.397 e. The van der Waals surface area contributed by atoms with Crippen LogP contribution >= 0.6 is 0 Å². The van der Waals surface area contributed by atoms with Crippen LogP contribution in [0.15, 0.2) is 48.5 Å². The van der Waals surface area contributed by atoms with Crippen LogP contribution in [0.3, 0.4) is 0 Å². The number of nitrogens with two attached hydrogens (primary N) is 1. The van der Waals surface area contributed by atoms with Crippen LogP contribution in [0.25, 0.3) is 0 Å². The van der Waals surface area contributed by atoms with Gasteiger partial charge in [-0.1, -0.05) is 24.3 Å². The highest BCUT2D eigenvalue weighted by molar-refractivity contribution is 5.68. The summed E-state index contributed by atoms with van der Waals surface area (Å²) in [6, 6.07) is 17.2. The van der Waals surface area contributed by atoms with E-state index in [1.165, 1.54) is 29.8 Å². The van der Waals surface area contributed by atoms with Crippen LogP contribution in [0.5, 0.6) is 0 Å². The topological polar surface area (TPSA) is 32.5 Å². The first-order valence-electron chi connectivity index (χ1n) is 8.63. The van der Waals surface area contributed by atoms with Crippen LogP contribution in [0.1, 0.15) is 24.8 Å². The minimum absolute atomic E-state index is 0.931. The fourth-order valence-electron chi connectivity index (χ4n) is 3.34. The number of rotatable bonds is 6. The van der Waals surface area contributed by atoms with Gasteiger partial charge in [-0.15, -0.1) is 0 Å². The number of hydrogen-bond acceptors (Lipinski definition) is 3. The molecular formula is C20H27N3. The summed E-state index contributed by atoms with van der Waals surface area (Å²) in [5.41, 5.74) is 11.0. The molecule has 1 aliphatic heterocycles. The molecule has 0 spiro atoms. The Bertz CT molecular complexity index is 618. The van der Waals surface area contributed by atoms with Crippen molar-refractivity contribution < 1.29 is 0 Å². The van der Waals surface area contributed by atoms with Crippen LogP contribution in [0.4, 0.5) is 17.1 Å². The van der Waals surface area contributed by atoms with Crippen LogP contribution in [0, 0.1) is 0 Å². The lowest BCUT2D eigenvalue weighted by atomic mass is 10.1. The second kappa shape index (κ2) is 7.40. The number of anilines is 3. The molecule has 2 aromatic rings. The maximum atomic E-state index is 6.27. The fraction of sp³-hybridized carbons (Fsp3) is 0.400. The standard InChI is InChI=1S/C20H27N3/c1-22(18-9-3-2-4-10-18)13-7-8-17-11-12-20(19(21)16-17)23-14-5-6-15-23/h2-4,9-12,16H,5-8,13-15,21H2,1H3. The van der Waals surface area contributed by atoms with Gasteiger partial charge in [0.15, 0.2) is 0 Å². The summed E-state index contributed by atoms with van der Waals surface area (Å²) in [5, 5.41) is 0. The lowest BCUT2D eigenvalue weighted by Gasteiger charge is -2.21. The van der Waals surface area contributed by atoms with Gasteiger partial charge in [-0.05, 0) is 55.5 Å². The average Bonchev–Trinajstić information content (AvgIpc) is 3.10. The van der Waals surface area contributed by atoms with Gasteiger partial charge in [0.1, 0.15) is 0 Å². The van der Waals surface area contributed by atoms with E-state index in [1.807, 2.05) is 0 Å². The van der Waals surface area contributed by atoms with Gasteiger partial charge in [0.05, 0.1) is 11.4 Å². The lowest BCUT2D eigenvalue weighted by Crippen LogP contribution is -2.19.